The van der Waals surface area contributed by atoms with Crippen LogP contribution in [0.25, 0.3) is 99.7 Å². The van der Waals surface area contributed by atoms with Crippen LogP contribution >= 0.6 is 0 Å². The van der Waals surface area contributed by atoms with Crippen LogP contribution < -0.4 is 4.74 Å². The molecule has 1 aliphatic carbocycles. The van der Waals surface area contributed by atoms with Gasteiger partial charge < -0.3 is 13.6 Å². The van der Waals surface area contributed by atoms with Crippen LogP contribution in [0.2, 0.25) is 0 Å². The molecule has 0 radical (unpaired) electrons. The second kappa shape index (κ2) is 12.4. The summed E-state index contributed by atoms with van der Waals surface area (Å²) in [6, 6.07) is 68.4. The number of hydrogen-bond acceptors (Lipinski definition) is 5. The second-order valence-corrected chi connectivity index (χ2v) is 16.4. The maximum absolute atomic E-state index is 6.95. The summed E-state index contributed by atoms with van der Waals surface area (Å²) in [7, 11) is 0. The van der Waals surface area contributed by atoms with Gasteiger partial charge in [0.15, 0.2) is 11.4 Å². The zero-order chi connectivity index (χ0) is 40.5. The molecule has 1 aliphatic heterocycles. The van der Waals surface area contributed by atoms with Crippen molar-refractivity contribution in [3.05, 3.63) is 216 Å². The Morgan fingerprint density at radius 3 is 1.87 bits per heavy atom. The van der Waals surface area contributed by atoms with Crippen molar-refractivity contribution in [1.29, 1.82) is 0 Å². The van der Waals surface area contributed by atoms with Crippen LogP contribution in [0, 0.1) is 0 Å². The number of ether oxygens (including phenoxy) is 1. The highest BCUT2D eigenvalue weighted by Gasteiger charge is 2.51. The zero-order valence-corrected chi connectivity index (χ0v) is 33.1. The summed E-state index contributed by atoms with van der Waals surface area (Å²) in [6.07, 6.45) is 0. The minimum atomic E-state index is -0.606. The number of benzene rings is 9. The molecule has 0 unspecified atom stereocenters. The molecule has 4 heterocycles. The van der Waals surface area contributed by atoms with Crippen LogP contribution in [0.3, 0.4) is 0 Å². The molecule has 2 aliphatic rings. The van der Waals surface area contributed by atoms with Crippen molar-refractivity contribution in [3.63, 3.8) is 0 Å². The van der Waals surface area contributed by atoms with Gasteiger partial charge in [-0.3, -0.25) is 0 Å². The first-order chi connectivity index (χ1) is 30.7. The molecule has 14 rings (SSSR count). The van der Waals surface area contributed by atoms with Crippen molar-refractivity contribution in [3.8, 4) is 56.4 Å². The molecule has 0 saturated heterocycles. The number of fused-ring (bicyclic) bond motifs is 16. The van der Waals surface area contributed by atoms with Crippen molar-refractivity contribution in [2.24, 2.45) is 0 Å². The lowest BCUT2D eigenvalue weighted by Crippen LogP contribution is -2.32. The molecule has 1 spiro atoms. The predicted octanol–water partition coefficient (Wildman–Crippen LogP) is 14.9. The summed E-state index contributed by atoms with van der Waals surface area (Å²) in [5, 5.41) is 5.40. The number of furan rings is 2. The average molecular weight is 793 g/mol. The lowest BCUT2D eigenvalue weighted by molar-refractivity contribution is 0.436. The van der Waals surface area contributed by atoms with Gasteiger partial charge in [0.05, 0.1) is 5.41 Å². The Hall–Kier alpha value is -8.28. The summed E-state index contributed by atoms with van der Waals surface area (Å²) in [6.45, 7) is 0. The molecule has 5 nitrogen and oxygen atoms in total. The van der Waals surface area contributed by atoms with Crippen molar-refractivity contribution in [2.45, 2.75) is 5.41 Å². The van der Waals surface area contributed by atoms with Crippen LogP contribution in [0.15, 0.2) is 203 Å². The highest BCUT2D eigenvalue weighted by atomic mass is 16.5. The largest absolute Gasteiger partial charge is 0.457 e. The molecule has 0 saturated carbocycles. The topological polar surface area (TPSA) is 61.3 Å². The predicted molar refractivity (Wildman–Crippen MR) is 248 cm³/mol. The summed E-state index contributed by atoms with van der Waals surface area (Å²) >= 11 is 0. The third kappa shape index (κ3) is 4.46. The smallest absolute Gasteiger partial charge is 0.180 e. The summed E-state index contributed by atoms with van der Waals surface area (Å²) in [5.41, 5.74) is 15.2. The van der Waals surface area contributed by atoms with Gasteiger partial charge in [-0.05, 0) is 93.2 Å². The van der Waals surface area contributed by atoms with Crippen molar-refractivity contribution < 1.29 is 13.6 Å². The van der Waals surface area contributed by atoms with E-state index in [-0.39, 0.29) is 0 Å². The number of nitrogens with zero attached hydrogens (tertiary/aromatic N) is 2. The van der Waals surface area contributed by atoms with Crippen LogP contribution in [-0.2, 0) is 5.41 Å². The molecule has 0 atom stereocenters. The van der Waals surface area contributed by atoms with E-state index in [0.29, 0.717) is 11.4 Å². The maximum Gasteiger partial charge on any atom is 0.180 e. The first-order valence-corrected chi connectivity index (χ1v) is 21.0. The first-order valence-electron chi connectivity index (χ1n) is 21.0. The molecule has 0 bridgehead atoms. The van der Waals surface area contributed by atoms with E-state index in [9.17, 15) is 0 Å². The Labute approximate surface area is 355 Å². The van der Waals surface area contributed by atoms with Crippen molar-refractivity contribution in [2.75, 3.05) is 0 Å². The molecule has 3 aromatic heterocycles. The summed E-state index contributed by atoms with van der Waals surface area (Å²) in [4.78, 5) is 10.2. The highest BCUT2D eigenvalue weighted by Crippen LogP contribution is 2.64. The lowest BCUT2D eigenvalue weighted by Gasteiger charge is -2.39. The fraction of sp³-hybridized carbons (Fsp3) is 0.0175. The van der Waals surface area contributed by atoms with Crippen molar-refractivity contribution in [1.82, 2.24) is 9.97 Å². The van der Waals surface area contributed by atoms with Gasteiger partial charge in [-0.2, -0.15) is 0 Å². The molecule has 12 aromatic rings. The van der Waals surface area contributed by atoms with Crippen LogP contribution in [0.4, 0.5) is 0 Å². The Morgan fingerprint density at radius 2 is 1.03 bits per heavy atom. The molecular formula is C57H32N2O3. The second-order valence-electron chi connectivity index (χ2n) is 16.4. The lowest BCUT2D eigenvalue weighted by atomic mass is 9.66. The van der Waals surface area contributed by atoms with Crippen molar-refractivity contribution >= 4 is 54.8 Å². The fourth-order valence-corrected chi connectivity index (χ4v) is 10.5. The van der Waals surface area contributed by atoms with Crippen LogP contribution in [0.1, 0.15) is 22.3 Å². The van der Waals surface area contributed by atoms with Gasteiger partial charge in [0, 0.05) is 44.0 Å². The van der Waals surface area contributed by atoms with Gasteiger partial charge >= 0.3 is 0 Å². The number of rotatable bonds is 3. The van der Waals surface area contributed by atoms with Crippen LogP contribution in [-0.4, -0.2) is 9.97 Å². The van der Waals surface area contributed by atoms with Gasteiger partial charge in [0.2, 0.25) is 0 Å². The summed E-state index contributed by atoms with van der Waals surface area (Å²) < 4.78 is 20.1. The number of hydrogen-bond donors (Lipinski definition) is 0. The monoisotopic (exact) mass is 792 g/mol. The zero-order valence-electron chi connectivity index (χ0n) is 33.1. The van der Waals surface area contributed by atoms with Gasteiger partial charge in [0.1, 0.15) is 39.5 Å². The van der Waals surface area contributed by atoms with E-state index in [1.54, 1.807) is 0 Å². The SMILES string of the molecule is c1ccc(-c2nc(-c3ccc4oc5c(-c6cccc7c6-c6cc8ccccc8cc6C76c7ccccc7Oc7ccccc76)cccc5c4c3)c3oc4ccccc4c3n2)cc1. The van der Waals surface area contributed by atoms with E-state index < -0.39 is 5.41 Å². The summed E-state index contributed by atoms with van der Waals surface area (Å²) in [5.74, 6) is 2.40. The molecule has 5 heteroatoms. The third-order valence-corrected chi connectivity index (χ3v) is 13.1. The molecular weight excluding hydrogens is 761 g/mol. The highest BCUT2D eigenvalue weighted by molar-refractivity contribution is 6.14. The van der Waals surface area contributed by atoms with E-state index in [4.69, 9.17) is 23.5 Å². The van der Waals surface area contributed by atoms with E-state index in [0.717, 1.165) is 89.0 Å². The Morgan fingerprint density at radius 1 is 0.387 bits per heavy atom. The Kier molecular flexibility index (Phi) is 6.70. The quantitative estimate of drug-likeness (QED) is 0.178. The number of para-hydroxylation sites is 4. The molecule has 9 aromatic carbocycles. The first kappa shape index (κ1) is 33.5. The van der Waals surface area contributed by atoms with E-state index in [1.165, 1.54) is 33.0 Å². The number of aromatic nitrogens is 2. The fourth-order valence-electron chi connectivity index (χ4n) is 10.5. The molecule has 62 heavy (non-hydrogen) atoms. The average Bonchev–Trinajstić information content (AvgIpc) is 3.99. The maximum atomic E-state index is 6.95. The minimum absolute atomic E-state index is 0.606. The Balaban J connectivity index is 1.02. The van der Waals surface area contributed by atoms with Gasteiger partial charge in [0.25, 0.3) is 0 Å². The van der Waals surface area contributed by atoms with E-state index in [2.05, 4.69) is 146 Å². The Bertz CT molecular complexity index is 3810. The molecule has 0 amide bonds. The minimum Gasteiger partial charge on any atom is -0.457 e. The molecule has 0 fully saturated rings. The van der Waals surface area contributed by atoms with E-state index >= 15 is 0 Å². The van der Waals surface area contributed by atoms with Gasteiger partial charge in [-0.25, -0.2) is 9.97 Å². The van der Waals surface area contributed by atoms with Crippen LogP contribution in [0.5, 0.6) is 11.5 Å². The molecule has 0 N–H and O–H groups in total. The third-order valence-electron chi connectivity index (χ3n) is 13.1. The van der Waals surface area contributed by atoms with E-state index in [1.807, 2.05) is 48.5 Å². The standard InChI is InChI=1S/C57H32N2O3/c1-2-14-33(15-3-1)56-58-52(55-53(59-56)40-18-6-9-25-47(40)62-55)36-28-29-48-41(31-36)39-21-12-20-38(54(39)61-48)37-19-13-24-45-51(37)42-30-34-16-4-5-17-35(34)32-46(42)57(45)43-22-7-10-26-49(43)60-50-27-11-8-23-44(50)57/h1-32H. The molecule has 288 valence electrons. The normalized spacial score (nSPS) is 13.4. The van der Waals surface area contributed by atoms with Gasteiger partial charge in [-0.15, -0.1) is 0 Å². The van der Waals surface area contributed by atoms with Gasteiger partial charge in [-0.1, -0.05) is 140 Å².